The molecule has 0 fully saturated rings. The van der Waals surface area contributed by atoms with Crippen molar-refractivity contribution in [2.24, 2.45) is 0 Å². The van der Waals surface area contributed by atoms with Crippen LogP contribution in [0.15, 0.2) is 12.3 Å². The van der Waals surface area contributed by atoms with Gasteiger partial charge in [0.2, 0.25) is 0 Å². The molecule has 6 heteroatoms. The summed E-state index contributed by atoms with van der Waals surface area (Å²) in [7, 11) is 0. The summed E-state index contributed by atoms with van der Waals surface area (Å²) in [4.78, 5) is 0. The Labute approximate surface area is 127 Å². The quantitative estimate of drug-likeness (QED) is 0.277. The van der Waals surface area contributed by atoms with Gasteiger partial charge in [0.05, 0.1) is 12.4 Å². The van der Waals surface area contributed by atoms with E-state index >= 15 is 0 Å². The Morgan fingerprint density at radius 3 is 2.28 bits per heavy atom. The molecule has 1 atom stereocenters. The largest absolute Gasteiger partial charge is 0.495 e. The molecule has 18 heavy (non-hydrogen) atoms. The summed E-state index contributed by atoms with van der Waals surface area (Å²) in [5, 5.41) is 0. The molecule has 0 saturated heterocycles. The van der Waals surface area contributed by atoms with E-state index in [0.29, 0.717) is 37.9 Å². The summed E-state index contributed by atoms with van der Waals surface area (Å²) in [6.07, 6.45) is 1.79. The van der Waals surface area contributed by atoms with E-state index in [0.717, 1.165) is 24.3 Å². The molecular weight excluding hydrogens is 288 g/mol. The molecule has 0 rings (SSSR count). The summed E-state index contributed by atoms with van der Waals surface area (Å²) < 4.78 is 16.6. The lowest BCUT2D eigenvalue weighted by Crippen LogP contribution is -2.26. The van der Waals surface area contributed by atoms with Crippen LogP contribution in [0.5, 0.6) is 0 Å². The Bertz CT molecular complexity index is 203. The second kappa shape index (κ2) is 13.9. The normalized spacial score (nSPS) is 12.4. The van der Waals surface area contributed by atoms with E-state index in [1.165, 1.54) is 0 Å². The fourth-order valence-corrected chi connectivity index (χ4v) is 1.45. The number of hydrogen-bond donors (Lipinski definition) is 3. The molecule has 0 aliphatic rings. The fraction of sp³-hybridized carbons (Fsp3) is 0.833. The van der Waals surface area contributed by atoms with E-state index in [9.17, 15) is 0 Å². The number of hydrogen-bond acceptors (Lipinski definition) is 6. The van der Waals surface area contributed by atoms with Crippen molar-refractivity contribution in [3.05, 3.63) is 12.3 Å². The average Bonchev–Trinajstić information content (AvgIpc) is 2.39. The number of rotatable bonds is 13. The highest BCUT2D eigenvalue weighted by atomic mass is 32.1. The summed E-state index contributed by atoms with van der Waals surface area (Å²) in [6.45, 7) is 6.08. The third-order valence-electron chi connectivity index (χ3n) is 2.06. The molecular formula is C12H24O3S3. The summed E-state index contributed by atoms with van der Waals surface area (Å²) in [5.74, 6) is 2.82. The van der Waals surface area contributed by atoms with Crippen LogP contribution in [0.25, 0.3) is 0 Å². The minimum atomic E-state index is -0.0681. The molecule has 0 N–H and O–H groups in total. The van der Waals surface area contributed by atoms with Crippen molar-refractivity contribution in [1.29, 1.82) is 0 Å². The molecule has 0 amide bonds. The summed E-state index contributed by atoms with van der Waals surface area (Å²) in [5.41, 5.74) is 0. The minimum absolute atomic E-state index is 0.0681. The standard InChI is InChI=1S/C12H24O3S3/c1-11(10-18)15-9-12(14-5-3-7-17)8-13-4-2-6-16/h12,16-18H,1-10H2. The van der Waals surface area contributed by atoms with Gasteiger partial charge in [-0.2, -0.15) is 37.9 Å². The Kier molecular flexibility index (Phi) is 14.3. The monoisotopic (exact) mass is 312 g/mol. The van der Waals surface area contributed by atoms with Gasteiger partial charge in [0, 0.05) is 19.0 Å². The Morgan fingerprint density at radius 1 is 1.00 bits per heavy atom. The van der Waals surface area contributed by atoms with E-state index < -0.39 is 0 Å². The van der Waals surface area contributed by atoms with Crippen LogP contribution in [0.1, 0.15) is 12.8 Å². The minimum Gasteiger partial charge on any atom is -0.495 e. The zero-order chi connectivity index (χ0) is 13.6. The van der Waals surface area contributed by atoms with Gasteiger partial charge in [-0.25, -0.2) is 0 Å². The van der Waals surface area contributed by atoms with Crippen molar-refractivity contribution < 1.29 is 14.2 Å². The van der Waals surface area contributed by atoms with Crippen LogP contribution >= 0.6 is 37.9 Å². The van der Waals surface area contributed by atoms with Crippen molar-refractivity contribution in [3.63, 3.8) is 0 Å². The highest BCUT2D eigenvalue weighted by Gasteiger charge is 2.10. The molecule has 0 bridgehead atoms. The van der Waals surface area contributed by atoms with Crippen LogP contribution in [0.2, 0.25) is 0 Å². The first kappa shape index (κ1) is 18.5. The van der Waals surface area contributed by atoms with E-state index in [2.05, 4.69) is 44.5 Å². The van der Waals surface area contributed by atoms with Crippen molar-refractivity contribution in [1.82, 2.24) is 0 Å². The Balaban J connectivity index is 3.79. The topological polar surface area (TPSA) is 27.7 Å². The lowest BCUT2D eigenvalue weighted by molar-refractivity contribution is -0.0474. The van der Waals surface area contributed by atoms with Crippen LogP contribution < -0.4 is 0 Å². The van der Waals surface area contributed by atoms with Gasteiger partial charge in [0.1, 0.15) is 12.7 Å². The molecule has 0 heterocycles. The molecule has 1 unspecified atom stereocenters. The molecule has 108 valence electrons. The zero-order valence-electron chi connectivity index (χ0n) is 10.7. The predicted molar refractivity (Wildman–Crippen MR) is 86.4 cm³/mol. The highest BCUT2D eigenvalue weighted by Crippen LogP contribution is 2.03. The zero-order valence-corrected chi connectivity index (χ0v) is 13.4. The fourth-order valence-electron chi connectivity index (χ4n) is 1.10. The molecule has 0 aromatic rings. The van der Waals surface area contributed by atoms with Gasteiger partial charge in [-0.1, -0.05) is 6.58 Å². The van der Waals surface area contributed by atoms with Gasteiger partial charge in [-0.05, 0) is 24.3 Å². The molecule has 0 aromatic carbocycles. The van der Waals surface area contributed by atoms with Crippen LogP contribution in [0.3, 0.4) is 0 Å². The van der Waals surface area contributed by atoms with Crippen molar-refractivity contribution in [2.45, 2.75) is 18.9 Å². The molecule has 0 saturated carbocycles. The Morgan fingerprint density at radius 2 is 1.67 bits per heavy atom. The van der Waals surface area contributed by atoms with Gasteiger partial charge < -0.3 is 14.2 Å². The number of ether oxygens (including phenoxy) is 3. The molecule has 0 aliphatic carbocycles. The van der Waals surface area contributed by atoms with Crippen molar-refractivity contribution >= 4 is 37.9 Å². The third-order valence-corrected chi connectivity index (χ3v) is 3.04. The van der Waals surface area contributed by atoms with Crippen LogP contribution in [0.4, 0.5) is 0 Å². The van der Waals surface area contributed by atoms with Gasteiger partial charge in [-0.15, -0.1) is 0 Å². The molecule has 3 nitrogen and oxygen atoms in total. The molecule has 0 spiro atoms. The molecule has 0 radical (unpaired) electrons. The third kappa shape index (κ3) is 11.6. The van der Waals surface area contributed by atoms with Gasteiger partial charge in [-0.3, -0.25) is 0 Å². The van der Waals surface area contributed by atoms with Gasteiger partial charge >= 0.3 is 0 Å². The first-order chi connectivity index (χ1) is 8.74. The van der Waals surface area contributed by atoms with E-state index in [4.69, 9.17) is 14.2 Å². The number of thiol groups is 3. The summed E-state index contributed by atoms with van der Waals surface area (Å²) in [6, 6.07) is 0. The SMILES string of the molecule is C=C(CS)OCC(COCCCS)OCCCS. The van der Waals surface area contributed by atoms with E-state index in [1.807, 2.05) is 0 Å². The Hall–Kier alpha value is 0.510. The smallest absolute Gasteiger partial charge is 0.116 e. The first-order valence-electron chi connectivity index (χ1n) is 6.07. The van der Waals surface area contributed by atoms with Crippen LogP contribution in [0, 0.1) is 0 Å². The van der Waals surface area contributed by atoms with Crippen LogP contribution in [-0.4, -0.2) is 49.8 Å². The maximum Gasteiger partial charge on any atom is 0.116 e. The average molecular weight is 313 g/mol. The molecule has 0 aromatic heterocycles. The lowest BCUT2D eigenvalue weighted by Gasteiger charge is -2.19. The second-order valence-corrected chi connectivity index (χ2v) is 4.94. The molecule has 0 aliphatic heterocycles. The van der Waals surface area contributed by atoms with E-state index in [-0.39, 0.29) is 6.10 Å². The van der Waals surface area contributed by atoms with Crippen molar-refractivity contribution in [3.8, 4) is 0 Å². The van der Waals surface area contributed by atoms with Gasteiger partial charge in [0.15, 0.2) is 0 Å². The lowest BCUT2D eigenvalue weighted by atomic mass is 10.4. The second-order valence-electron chi connectivity index (χ2n) is 3.73. The van der Waals surface area contributed by atoms with E-state index in [1.54, 1.807) is 0 Å². The first-order valence-corrected chi connectivity index (χ1v) is 7.96. The predicted octanol–water partition coefficient (Wildman–Crippen LogP) is 2.49. The van der Waals surface area contributed by atoms with Crippen LogP contribution in [-0.2, 0) is 14.2 Å². The highest BCUT2D eigenvalue weighted by molar-refractivity contribution is 7.80. The summed E-state index contributed by atoms with van der Waals surface area (Å²) >= 11 is 12.4. The van der Waals surface area contributed by atoms with Gasteiger partial charge in [0.25, 0.3) is 0 Å². The van der Waals surface area contributed by atoms with Crippen molar-refractivity contribution in [2.75, 3.05) is 43.7 Å². The maximum absolute atomic E-state index is 5.67. The maximum atomic E-state index is 5.67.